The number of methoxy groups -OCH3 is 2. The van der Waals surface area contributed by atoms with Gasteiger partial charge in [-0.05, 0) is 25.0 Å². The largest absolute Gasteiger partial charge is 0.497 e. The second-order valence-corrected chi connectivity index (χ2v) is 6.47. The molecule has 1 aromatic carbocycles. The van der Waals surface area contributed by atoms with Crippen LogP contribution in [0, 0.1) is 0 Å². The summed E-state index contributed by atoms with van der Waals surface area (Å²) in [4.78, 5) is 14.2. The highest BCUT2D eigenvalue weighted by Gasteiger charge is 2.16. The van der Waals surface area contributed by atoms with Crippen molar-refractivity contribution in [2.45, 2.75) is 12.8 Å². The van der Waals surface area contributed by atoms with Gasteiger partial charge in [0.1, 0.15) is 15.8 Å². The van der Waals surface area contributed by atoms with E-state index in [1.165, 1.54) is 24.6 Å². The molecule has 0 spiro atoms. The molecule has 22 heavy (non-hydrogen) atoms. The zero-order valence-corrected chi connectivity index (χ0v) is 14.4. The summed E-state index contributed by atoms with van der Waals surface area (Å²) in [6.07, 6.45) is 2.35. The molecule has 1 amide bonds. The van der Waals surface area contributed by atoms with Crippen LogP contribution < -0.4 is 14.8 Å². The molecule has 1 aromatic rings. The lowest BCUT2D eigenvalue weighted by Crippen LogP contribution is -2.25. The number of amides is 1. The van der Waals surface area contributed by atoms with E-state index in [9.17, 15) is 4.79 Å². The van der Waals surface area contributed by atoms with Crippen LogP contribution in [0.1, 0.15) is 12.8 Å². The Hall–Kier alpha value is -1.47. The number of thioether (sulfide) groups is 1. The van der Waals surface area contributed by atoms with E-state index in [1.807, 2.05) is 0 Å². The summed E-state index contributed by atoms with van der Waals surface area (Å²) in [7, 11) is 3.15. The Balaban J connectivity index is 1.89. The normalized spacial score (nSPS) is 13.8. The first-order valence-corrected chi connectivity index (χ1v) is 8.47. The zero-order valence-electron chi connectivity index (χ0n) is 12.8. The molecule has 0 saturated carbocycles. The molecule has 0 unspecified atom stereocenters. The van der Waals surface area contributed by atoms with Gasteiger partial charge in [0.2, 0.25) is 5.91 Å². The topological polar surface area (TPSA) is 50.8 Å². The molecule has 7 heteroatoms. The van der Waals surface area contributed by atoms with Crippen LogP contribution in [-0.4, -0.2) is 48.2 Å². The van der Waals surface area contributed by atoms with Gasteiger partial charge in [-0.25, -0.2) is 0 Å². The van der Waals surface area contributed by atoms with Crippen LogP contribution in [0.25, 0.3) is 0 Å². The Labute approximate surface area is 140 Å². The Kier molecular flexibility index (Phi) is 6.33. The number of nitrogens with zero attached hydrogens (tertiary/aromatic N) is 1. The lowest BCUT2D eigenvalue weighted by atomic mass is 10.2. The number of anilines is 1. The van der Waals surface area contributed by atoms with Gasteiger partial charge in [-0.2, -0.15) is 0 Å². The fourth-order valence-electron chi connectivity index (χ4n) is 2.22. The molecule has 1 aliphatic rings. The molecule has 1 N–H and O–H groups in total. The Morgan fingerprint density at radius 1 is 1.32 bits per heavy atom. The van der Waals surface area contributed by atoms with E-state index in [-0.39, 0.29) is 11.7 Å². The highest BCUT2D eigenvalue weighted by atomic mass is 32.2. The van der Waals surface area contributed by atoms with Gasteiger partial charge in [-0.1, -0.05) is 24.0 Å². The molecule has 0 radical (unpaired) electrons. The summed E-state index contributed by atoms with van der Waals surface area (Å²) in [6.45, 7) is 1.99. The molecule has 1 heterocycles. The number of thiocarbonyl (C=S) groups is 1. The average molecular weight is 340 g/mol. The number of nitrogens with one attached hydrogen (secondary N) is 1. The molecule has 0 aliphatic carbocycles. The second-order valence-electron chi connectivity index (χ2n) is 4.86. The maximum absolute atomic E-state index is 12.1. The van der Waals surface area contributed by atoms with E-state index in [0.717, 1.165) is 17.4 Å². The van der Waals surface area contributed by atoms with E-state index in [4.69, 9.17) is 21.7 Å². The van der Waals surface area contributed by atoms with Crippen molar-refractivity contribution < 1.29 is 14.3 Å². The molecule has 5 nitrogen and oxygen atoms in total. The molecule has 0 atom stereocenters. The van der Waals surface area contributed by atoms with Crippen molar-refractivity contribution in [3.8, 4) is 11.5 Å². The van der Waals surface area contributed by atoms with Gasteiger partial charge < -0.3 is 19.7 Å². The summed E-state index contributed by atoms with van der Waals surface area (Å²) >= 11 is 6.75. The highest BCUT2D eigenvalue weighted by Crippen LogP contribution is 2.29. The van der Waals surface area contributed by atoms with E-state index >= 15 is 0 Å². The molecule has 1 saturated heterocycles. The molecule has 1 aliphatic heterocycles. The fraction of sp³-hybridized carbons (Fsp3) is 0.467. The third kappa shape index (κ3) is 4.51. The number of hydrogen-bond donors (Lipinski definition) is 1. The first-order valence-electron chi connectivity index (χ1n) is 7.07. The molecule has 0 aromatic heterocycles. The van der Waals surface area contributed by atoms with Crippen LogP contribution in [-0.2, 0) is 4.79 Å². The number of carbonyl (C=O) groups excluding carboxylic acids is 1. The number of benzene rings is 1. The van der Waals surface area contributed by atoms with Crippen molar-refractivity contribution in [2.24, 2.45) is 0 Å². The minimum Gasteiger partial charge on any atom is -0.497 e. The highest BCUT2D eigenvalue weighted by molar-refractivity contribution is 8.23. The molecule has 2 rings (SSSR count). The van der Waals surface area contributed by atoms with E-state index in [1.54, 1.807) is 32.4 Å². The number of ether oxygens (including phenoxy) is 2. The van der Waals surface area contributed by atoms with Crippen molar-refractivity contribution in [1.82, 2.24) is 4.90 Å². The predicted molar refractivity (Wildman–Crippen MR) is 94.0 cm³/mol. The van der Waals surface area contributed by atoms with E-state index < -0.39 is 0 Å². The van der Waals surface area contributed by atoms with Crippen molar-refractivity contribution >= 4 is 39.9 Å². The smallest absolute Gasteiger partial charge is 0.234 e. The number of likely N-dealkylation sites (tertiary alicyclic amines) is 1. The van der Waals surface area contributed by atoms with Crippen molar-refractivity contribution in [2.75, 3.05) is 38.4 Å². The summed E-state index contributed by atoms with van der Waals surface area (Å²) in [5.41, 5.74) is 0.597. The summed E-state index contributed by atoms with van der Waals surface area (Å²) < 4.78 is 11.2. The minimum atomic E-state index is -0.113. The van der Waals surface area contributed by atoms with Crippen molar-refractivity contribution in [1.29, 1.82) is 0 Å². The van der Waals surface area contributed by atoms with Gasteiger partial charge in [-0.3, -0.25) is 4.79 Å². The third-order valence-electron chi connectivity index (χ3n) is 3.37. The molecule has 1 fully saturated rings. The standard InChI is InChI=1S/C15H20N2O3S2/c1-19-11-5-6-13(20-2)12(9-11)16-14(18)10-22-15(21)17-7-3-4-8-17/h5-6,9H,3-4,7-8,10H2,1-2H3,(H,16,18). The Morgan fingerprint density at radius 2 is 2.05 bits per heavy atom. The van der Waals surface area contributed by atoms with Crippen molar-refractivity contribution in [3.63, 3.8) is 0 Å². The van der Waals surface area contributed by atoms with Crippen LogP contribution in [0.15, 0.2) is 18.2 Å². The summed E-state index contributed by atoms with van der Waals surface area (Å²) in [5, 5.41) is 2.84. The van der Waals surface area contributed by atoms with Crippen molar-refractivity contribution in [3.05, 3.63) is 18.2 Å². The zero-order chi connectivity index (χ0) is 15.9. The summed E-state index contributed by atoms with van der Waals surface area (Å²) in [5.74, 6) is 1.44. The lowest BCUT2D eigenvalue weighted by molar-refractivity contribution is -0.113. The first kappa shape index (κ1) is 16.9. The van der Waals surface area contributed by atoms with Crippen LogP contribution >= 0.6 is 24.0 Å². The minimum absolute atomic E-state index is 0.113. The monoisotopic (exact) mass is 340 g/mol. The van der Waals surface area contributed by atoms with Crippen LogP contribution in [0.4, 0.5) is 5.69 Å². The van der Waals surface area contributed by atoms with Gasteiger partial charge in [0.05, 0.1) is 25.7 Å². The number of carbonyl (C=O) groups is 1. The second kappa shape index (κ2) is 8.24. The van der Waals surface area contributed by atoms with Crippen LogP contribution in [0.2, 0.25) is 0 Å². The molecule has 0 bridgehead atoms. The Morgan fingerprint density at radius 3 is 2.68 bits per heavy atom. The van der Waals surface area contributed by atoms with Gasteiger partial charge in [0.15, 0.2) is 0 Å². The SMILES string of the molecule is COc1ccc(OC)c(NC(=O)CSC(=S)N2CCCC2)c1. The van der Waals surface area contributed by atoms with E-state index in [0.29, 0.717) is 17.2 Å². The molecular weight excluding hydrogens is 320 g/mol. The first-order chi connectivity index (χ1) is 10.6. The predicted octanol–water partition coefficient (Wildman–Crippen LogP) is 2.76. The van der Waals surface area contributed by atoms with Gasteiger partial charge >= 0.3 is 0 Å². The lowest BCUT2D eigenvalue weighted by Gasteiger charge is -2.17. The van der Waals surface area contributed by atoms with Crippen LogP contribution in [0.5, 0.6) is 11.5 Å². The third-order valence-corrected chi connectivity index (χ3v) is 4.90. The number of hydrogen-bond acceptors (Lipinski definition) is 5. The van der Waals surface area contributed by atoms with Gasteiger partial charge in [-0.15, -0.1) is 0 Å². The quantitative estimate of drug-likeness (QED) is 0.832. The maximum atomic E-state index is 12.1. The molecular formula is C15H20N2O3S2. The van der Waals surface area contributed by atoms with E-state index in [2.05, 4.69) is 10.2 Å². The fourth-order valence-corrected chi connectivity index (χ4v) is 3.27. The number of rotatable bonds is 5. The maximum Gasteiger partial charge on any atom is 0.234 e. The average Bonchev–Trinajstić information content (AvgIpc) is 3.07. The van der Waals surface area contributed by atoms with Gasteiger partial charge in [0.25, 0.3) is 0 Å². The van der Waals surface area contributed by atoms with Gasteiger partial charge in [0, 0.05) is 19.2 Å². The molecule has 120 valence electrons. The summed E-state index contributed by atoms with van der Waals surface area (Å²) in [6, 6.07) is 5.28. The Bertz CT molecular complexity index is 546. The van der Waals surface area contributed by atoms with Crippen LogP contribution in [0.3, 0.4) is 0 Å².